The molecule has 2 saturated carbocycles. The van der Waals surface area contributed by atoms with Crippen molar-refractivity contribution in [1.29, 1.82) is 0 Å². The molecule has 2 aliphatic rings. The SMILES string of the molecule is O=C(CCCC1CCCCC1)NCc1n[nH]c(=S)n1C1CC1. The molecule has 3 rings (SSSR count). The maximum Gasteiger partial charge on any atom is 0.220 e. The summed E-state index contributed by atoms with van der Waals surface area (Å²) in [6, 6.07) is 0.490. The van der Waals surface area contributed by atoms with E-state index in [9.17, 15) is 4.79 Å². The molecule has 122 valence electrons. The van der Waals surface area contributed by atoms with E-state index in [1.807, 2.05) is 0 Å². The molecule has 0 bridgehead atoms. The summed E-state index contributed by atoms with van der Waals surface area (Å²) in [5.74, 6) is 1.84. The Morgan fingerprint density at radius 2 is 2.05 bits per heavy atom. The Morgan fingerprint density at radius 3 is 2.77 bits per heavy atom. The van der Waals surface area contributed by atoms with E-state index in [1.54, 1.807) is 0 Å². The van der Waals surface area contributed by atoms with Crippen molar-refractivity contribution in [3.05, 3.63) is 10.6 Å². The van der Waals surface area contributed by atoms with Crippen LogP contribution < -0.4 is 5.32 Å². The van der Waals surface area contributed by atoms with Crippen molar-refractivity contribution in [3.63, 3.8) is 0 Å². The van der Waals surface area contributed by atoms with Crippen LogP contribution in [0.5, 0.6) is 0 Å². The fourth-order valence-electron chi connectivity index (χ4n) is 3.46. The number of carbonyl (C=O) groups is 1. The molecule has 0 atom stereocenters. The Kier molecular flexibility index (Phi) is 5.28. The minimum Gasteiger partial charge on any atom is -0.349 e. The van der Waals surface area contributed by atoms with E-state index in [0.717, 1.165) is 31.0 Å². The van der Waals surface area contributed by atoms with Crippen molar-refractivity contribution < 1.29 is 4.79 Å². The van der Waals surface area contributed by atoms with Crippen LogP contribution >= 0.6 is 12.2 Å². The van der Waals surface area contributed by atoms with Crippen LogP contribution in [0, 0.1) is 10.7 Å². The van der Waals surface area contributed by atoms with E-state index in [2.05, 4.69) is 20.1 Å². The van der Waals surface area contributed by atoms with Gasteiger partial charge in [0, 0.05) is 12.5 Å². The van der Waals surface area contributed by atoms with E-state index in [0.29, 0.717) is 23.8 Å². The molecule has 5 nitrogen and oxygen atoms in total. The quantitative estimate of drug-likeness (QED) is 0.753. The molecule has 1 amide bonds. The van der Waals surface area contributed by atoms with Crippen LogP contribution in [0.1, 0.15) is 76.1 Å². The number of hydrogen-bond acceptors (Lipinski definition) is 3. The number of rotatable bonds is 7. The third-order valence-electron chi connectivity index (χ3n) is 4.87. The van der Waals surface area contributed by atoms with E-state index in [-0.39, 0.29) is 5.91 Å². The van der Waals surface area contributed by atoms with Crippen molar-refractivity contribution >= 4 is 18.1 Å². The minimum atomic E-state index is 0.132. The van der Waals surface area contributed by atoms with Gasteiger partial charge in [-0.05, 0) is 43.8 Å². The van der Waals surface area contributed by atoms with Gasteiger partial charge < -0.3 is 5.32 Å². The van der Waals surface area contributed by atoms with E-state index >= 15 is 0 Å². The van der Waals surface area contributed by atoms with Gasteiger partial charge in [-0.1, -0.05) is 32.1 Å². The van der Waals surface area contributed by atoms with Gasteiger partial charge in [0.15, 0.2) is 10.6 Å². The second-order valence-electron chi connectivity index (χ2n) is 6.72. The van der Waals surface area contributed by atoms with Gasteiger partial charge in [-0.25, -0.2) is 0 Å². The smallest absolute Gasteiger partial charge is 0.220 e. The average Bonchev–Trinajstić information content (AvgIpc) is 3.29. The van der Waals surface area contributed by atoms with Gasteiger partial charge in [0.25, 0.3) is 0 Å². The second-order valence-corrected chi connectivity index (χ2v) is 7.11. The van der Waals surface area contributed by atoms with Crippen LogP contribution in [0.25, 0.3) is 0 Å². The fraction of sp³-hybridized carbons (Fsp3) is 0.812. The van der Waals surface area contributed by atoms with Crippen LogP contribution in [0.15, 0.2) is 0 Å². The Balaban J connectivity index is 1.38. The number of amides is 1. The molecule has 1 aromatic rings. The second kappa shape index (κ2) is 7.40. The van der Waals surface area contributed by atoms with Gasteiger partial charge in [-0.2, -0.15) is 5.10 Å². The third-order valence-corrected chi connectivity index (χ3v) is 5.16. The summed E-state index contributed by atoms with van der Waals surface area (Å²) >= 11 is 5.24. The first kappa shape index (κ1) is 15.7. The summed E-state index contributed by atoms with van der Waals surface area (Å²) in [7, 11) is 0. The highest BCUT2D eigenvalue weighted by Crippen LogP contribution is 2.35. The summed E-state index contributed by atoms with van der Waals surface area (Å²) in [4.78, 5) is 12.0. The van der Waals surface area contributed by atoms with Crippen LogP contribution in [-0.4, -0.2) is 20.7 Å². The first-order valence-corrected chi connectivity index (χ1v) is 9.07. The summed E-state index contributed by atoms with van der Waals surface area (Å²) in [5, 5.41) is 10.1. The zero-order valence-electron chi connectivity index (χ0n) is 13.1. The Bertz CT molecular complexity index is 555. The number of H-pyrrole nitrogens is 1. The van der Waals surface area contributed by atoms with Crippen LogP contribution in [-0.2, 0) is 11.3 Å². The molecule has 2 N–H and O–H groups in total. The molecular weight excluding hydrogens is 296 g/mol. The number of aromatic amines is 1. The van der Waals surface area contributed by atoms with Crippen LogP contribution in [0.2, 0.25) is 0 Å². The van der Waals surface area contributed by atoms with Crippen molar-refractivity contribution in [2.75, 3.05) is 0 Å². The molecule has 0 aliphatic heterocycles. The number of carbonyl (C=O) groups excluding carboxylic acids is 1. The first-order chi connectivity index (χ1) is 10.7. The lowest BCUT2D eigenvalue weighted by Gasteiger charge is -2.21. The summed E-state index contributed by atoms with van der Waals surface area (Å²) in [6.07, 6.45) is 12.0. The van der Waals surface area contributed by atoms with E-state index < -0.39 is 0 Å². The van der Waals surface area contributed by atoms with Crippen LogP contribution in [0.4, 0.5) is 0 Å². The highest BCUT2D eigenvalue weighted by Gasteiger charge is 2.27. The first-order valence-electron chi connectivity index (χ1n) is 8.66. The number of hydrogen-bond donors (Lipinski definition) is 2. The van der Waals surface area contributed by atoms with Crippen molar-refractivity contribution in [2.45, 2.75) is 76.8 Å². The van der Waals surface area contributed by atoms with Gasteiger partial charge in [0.1, 0.15) is 0 Å². The average molecular weight is 322 g/mol. The molecule has 1 heterocycles. The lowest BCUT2D eigenvalue weighted by Crippen LogP contribution is -2.24. The van der Waals surface area contributed by atoms with Crippen molar-refractivity contribution in [3.8, 4) is 0 Å². The van der Waals surface area contributed by atoms with E-state index in [1.165, 1.54) is 38.5 Å². The summed E-state index contributed by atoms with van der Waals surface area (Å²) in [5.41, 5.74) is 0. The normalized spacial score (nSPS) is 19.3. The third kappa shape index (κ3) is 4.18. The van der Waals surface area contributed by atoms with Gasteiger partial charge in [0.05, 0.1) is 6.54 Å². The molecule has 2 aliphatic carbocycles. The Hall–Kier alpha value is -1.17. The fourth-order valence-corrected chi connectivity index (χ4v) is 3.76. The summed E-state index contributed by atoms with van der Waals surface area (Å²) < 4.78 is 2.72. The molecule has 0 unspecified atom stereocenters. The molecule has 0 aromatic carbocycles. The van der Waals surface area contributed by atoms with Gasteiger partial charge >= 0.3 is 0 Å². The van der Waals surface area contributed by atoms with E-state index in [4.69, 9.17) is 12.2 Å². The lowest BCUT2D eigenvalue weighted by molar-refractivity contribution is -0.121. The molecule has 0 radical (unpaired) electrons. The molecule has 2 fully saturated rings. The largest absolute Gasteiger partial charge is 0.349 e. The van der Waals surface area contributed by atoms with Gasteiger partial charge in [-0.3, -0.25) is 14.5 Å². The highest BCUT2D eigenvalue weighted by molar-refractivity contribution is 7.71. The Morgan fingerprint density at radius 1 is 1.27 bits per heavy atom. The number of nitrogens with one attached hydrogen (secondary N) is 2. The monoisotopic (exact) mass is 322 g/mol. The Labute approximate surface area is 136 Å². The molecule has 22 heavy (non-hydrogen) atoms. The zero-order valence-corrected chi connectivity index (χ0v) is 14.0. The number of aromatic nitrogens is 3. The molecule has 6 heteroatoms. The van der Waals surface area contributed by atoms with Crippen molar-refractivity contribution in [1.82, 2.24) is 20.1 Å². The molecular formula is C16H26N4OS. The molecule has 0 saturated heterocycles. The lowest BCUT2D eigenvalue weighted by atomic mass is 9.86. The number of nitrogens with zero attached hydrogens (tertiary/aromatic N) is 2. The predicted octanol–water partition coefficient (Wildman–Crippen LogP) is 3.64. The maximum atomic E-state index is 12.0. The van der Waals surface area contributed by atoms with Gasteiger partial charge in [0.2, 0.25) is 5.91 Å². The summed E-state index contributed by atoms with van der Waals surface area (Å²) in [6.45, 7) is 0.478. The van der Waals surface area contributed by atoms with Gasteiger partial charge in [-0.15, -0.1) is 0 Å². The zero-order chi connectivity index (χ0) is 15.4. The van der Waals surface area contributed by atoms with Crippen molar-refractivity contribution in [2.24, 2.45) is 5.92 Å². The topological polar surface area (TPSA) is 62.7 Å². The molecule has 0 spiro atoms. The maximum absolute atomic E-state index is 12.0. The molecule has 1 aromatic heterocycles. The standard InChI is InChI=1S/C16H26N4OS/c21-15(8-4-7-12-5-2-1-3-6-12)17-11-14-18-19-16(22)20(14)13-9-10-13/h12-13H,1-11H2,(H,17,21)(H,19,22). The predicted molar refractivity (Wildman–Crippen MR) is 88.0 cm³/mol. The van der Waals surface area contributed by atoms with Crippen LogP contribution in [0.3, 0.4) is 0 Å². The minimum absolute atomic E-state index is 0.132. The highest BCUT2D eigenvalue weighted by atomic mass is 32.1.